The van der Waals surface area contributed by atoms with Crippen molar-refractivity contribution in [1.29, 1.82) is 0 Å². The molecule has 0 aliphatic heterocycles. The van der Waals surface area contributed by atoms with Gasteiger partial charge in [-0.05, 0) is 38.5 Å². The van der Waals surface area contributed by atoms with Crippen molar-refractivity contribution in [3.63, 3.8) is 0 Å². The van der Waals surface area contributed by atoms with Gasteiger partial charge in [0.25, 0.3) is 0 Å². The number of hydrogen-bond donors (Lipinski definition) is 3. The first-order valence-electron chi connectivity index (χ1n) is 26.7. The van der Waals surface area contributed by atoms with Gasteiger partial charge in [0.05, 0.1) is 25.2 Å². The first-order valence-corrected chi connectivity index (χ1v) is 26.7. The molecule has 0 aromatic rings. The van der Waals surface area contributed by atoms with Crippen molar-refractivity contribution in [3.8, 4) is 0 Å². The molecule has 0 fully saturated rings. The fourth-order valence-electron chi connectivity index (χ4n) is 7.94. The Morgan fingerprint density at radius 1 is 0.476 bits per heavy atom. The highest BCUT2D eigenvalue weighted by Crippen LogP contribution is 2.18. The van der Waals surface area contributed by atoms with E-state index in [-0.39, 0.29) is 24.9 Å². The van der Waals surface area contributed by atoms with Crippen LogP contribution in [-0.4, -0.2) is 46.9 Å². The van der Waals surface area contributed by atoms with Crippen LogP contribution in [0.25, 0.3) is 0 Å². The molecule has 364 valence electrons. The van der Waals surface area contributed by atoms with E-state index in [1.54, 1.807) is 0 Å². The lowest BCUT2D eigenvalue weighted by Gasteiger charge is -2.24. The minimum Gasteiger partial charge on any atom is -0.462 e. The number of rotatable bonds is 47. The number of amides is 1. The highest BCUT2D eigenvalue weighted by atomic mass is 16.5. The van der Waals surface area contributed by atoms with E-state index >= 15 is 0 Å². The number of aliphatic hydroxyl groups is 2. The Morgan fingerprint density at radius 3 is 1.27 bits per heavy atom. The van der Waals surface area contributed by atoms with Crippen LogP contribution in [0.2, 0.25) is 0 Å². The second-order valence-electron chi connectivity index (χ2n) is 18.1. The van der Waals surface area contributed by atoms with Gasteiger partial charge in [-0.15, -0.1) is 0 Å². The second kappa shape index (κ2) is 50.3. The first-order chi connectivity index (χ1) is 31.0. The summed E-state index contributed by atoms with van der Waals surface area (Å²) in [7, 11) is 0. The minimum absolute atomic E-state index is 0.0264. The van der Waals surface area contributed by atoms with Crippen LogP contribution >= 0.6 is 0 Å². The summed E-state index contributed by atoms with van der Waals surface area (Å²) >= 11 is 0. The van der Waals surface area contributed by atoms with Crippen molar-refractivity contribution in [1.82, 2.24) is 5.32 Å². The summed E-state index contributed by atoms with van der Waals surface area (Å²) in [4.78, 5) is 26.1. The monoisotopic (exact) mass is 880 g/mol. The lowest BCUT2D eigenvalue weighted by molar-refractivity contribution is -0.151. The predicted octanol–water partition coefficient (Wildman–Crippen LogP) is 16.2. The number of hydrogen-bond acceptors (Lipinski definition) is 5. The van der Waals surface area contributed by atoms with Crippen molar-refractivity contribution >= 4 is 11.9 Å². The number of carbonyl (C=O) groups excluding carboxylic acids is 2. The molecule has 6 heteroatoms. The quantitative estimate of drug-likeness (QED) is 0.0321. The van der Waals surface area contributed by atoms with Gasteiger partial charge in [-0.1, -0.05) is 273 Å². The van der Waals surface area contributed by atoms with Crippen LogP contribution in [-0.2, 0) is 14.3 Å². The Kier molecular flexibility index (Phi) is 48.1. The first kappa shape index (κ1) is 60.3. The summed E-state index contributed by atoms with van der Waals surface area (Å²) < 4.78 is 5.90. The molecule has 0 bridgehead atoms. The molecule has 0 aliphatic carbocycles. The average Bonchev–Trinajstić information content (AvgIpc) is 3.28. The van der Waals surface area contributed by atoms with E-state index in [9.17, 15) is 19.8 Å². The van der Waals surface area contributed by atoms with Crippen LogP contribution < -0.4 is 5.32 Å². The highest BCUT2D eigenvalue weighted by molar-refractivity contribution is 5.77. The molecule has 6 nitrogen and oxygen atoms in total. The maximum Gasteiger partial charge on any atom is 0.306 e. The van der Waals surface area contributed by atoms with Crippen LogP contribution in [0.3, 0.4) is 0 Å². The summed E-state index contributed by atoms with van der Waals surface area (Å²) in [6, 6.07) is -0.727. The van der Waals surface area contributed by atoms with Gasteiger partial charge in [0.15, 0.2) is 0 Å². The van der Waals surface area contributed by atoms with E-state index in [4.69, 9.17) is 4.74 Å². The van der Waals surface area contributed by atoms with Gasteiger partial charge >= 0.3 is 5.97 Å². The molecule has 0 rings (SSSR count). The average molecular weight is 880 g/mol. The summed E-state index contributed by atoms with van der Waals surface area (Å²) in [6.07, 6.45) is 63.9. The third-order valence-corrected chi connectivity index (χ3v) is 12.0. The zero-order valence-electron chi connectivity index (χ0n) is 41.4. The maximum atomic E-state index is 13.2. The third kappa shape index (κ3) is 45.7. The molecule has 3 atom stereocenters. The van der Waals surface area contributed by atoms with Crippen LogP contribution in [0.4, 0.5) is 0 Å². The van der Waals surface area contributed by atoms with Crippen LogP contribution in [0, 0.1) is 0 Å². The predicted molar refractivity (Wildman–Crippen MR) is 273 cm³/mol. The fourth-order valence-corrected chi connectivity index (χ4v) is 7.94. The number of allylic oxidation sites excluding steroid dienone is 12. The largest absolute Gasteiger partial charge is 0.462 e. The van der Waals surface area contributed by atoms with Gasteiger partial charge in [0, 0.05) is 6.42 Å². The Morgan fingerprint density at radius 2 is 0.857 bits per heavy atom. The standard InChI is InChI=1S/C57H101NO5/c1-4-7-10-13-16-19-22-25-27-29-32-34-37-40-43-46-49-55(60)54(52-59)58-56(61)51-53(48-45-42-39-36-33-31-28-26-23-20-17-14-11-8-5-2)63-57(62)50-47-44-41-38-35-30-24-21-18-15-12-9-6-3/h8,11,14,17,20,23,26,28,31,33,36,39,53-55,59-60H,4-7,9-10,12-13,15-16,18-19,21-22,24-25,27,29-30,32,34-35,37-38,40-52H2,1-3H3,(H,58,61)/b11-8-,17-14+,23-20+,28-26-,33-31+,39-36+. The third-order valence-electron chi connectivity index (χ3n) is 12.0. The second-order valence-corrected chi connectivity index (χ2v) is 18.1. The Balaban J connectivity index is 4.67. The molecule has 3 N–H and O–H groups in total. The summed E-state index contributed by atoms with van der Waals surface area (Å²) in [5.41, 5.74) is 0. The van der Waals surface area contributed by atoms with Crippen LogP contribution in [0.5, 0.6) is 0 Å². The maximum absolute atomic E-state index is 13.2. The van der Waals surface area contributed by atoms with Gasteiger partial charge < -0.3 is 20.3 Å². The van der Waals surface area contributed by atoms with Crippen molar-refractivity contribution < 1.29 is 24.5 Å². The van der Waals surface area contributed by atoms with E-state index < -0.39 is 18.2 Å². The van der Waals surface area contributed by atoms with Crippen LogP contribution in [0.1, 0.15) is 252 Å². The highest BCUT2D eigenvalue weighted by Gasteiger charge is 2.24. The number of carbonyl (C=O) groups is 2. The van der Waals surface area contributed by atoms with E-state index in [0.29, 0.717) is 19.3 Å². The zero-order chi connectivity index (χ0) is 45.9. The number of aliphatic hydroxyl groups excluding tert-OH is 2. The van der Waals surface area contributed by atoms with Gasteiger partial charge in [-0.2, -0.15) is 0 Å². The van der Waals surface area contributed by atoms with Gasteiger partial charge in [0.2, 0.25) is 5.91 Å². The van der Waals surface area contributed by atoms with Gasteiger partial charge in [-0.25, -0.2) is 0 Å². The molecule has 1 amide bonds. The number of unbranched alkanes of at least 4 members (excludes halogenated alkanes) is 28. The van der Waals surface area contributed by atoms with Crippen molar-refractivity contribution in [2.45, 2.75) is 270 Å². The SMILES string of the molecule is CC\C=C/C=C/C=C/C=C\C=C\C=C\CCCC(CC(=O)NC(CO)C(O)CCCCCCCCCCCCCCCCCC)OC(=O)CCCCCCCCCCCCCCC. The van der Waals surface area contributed by atoms with E-state index in [0.717, 1.165) is 57.8 Å². The molecule has 63 heavy (non-hydrogen) atoms. The van der Waals surface area contributed by atoms with Gasteiger partial charge in [0.1, 0.15) is 6.10 Å². The van der Waals surface area contributed by atoms with Crippen molar-refractivity contribution in [2.75, 3.05) is 6.61 Å². The molecule has 0 aliphatic rings. The molecule has 0 aromatic heterocycles. The smallest absolute Gasteiger partial charge is 0.306 e. The van der Waals surface area contributed by atoms with Crippen molar-refractivity contribution in [2.24, 2.45) is 0 Å². The summed E-state index contributed by atoms with van der Waals surface area (Å²) in [5, 5.41) is 23.8. The Hall–Kier alpha value is -2.70. The minimum atomic E-state index is -0.809. The Bertz CT molecular complexity index is 1170. The lowest BCUT2D eigenvalue weighted by atomic mass is 10.0. The molecule has 0 aromatic carbocycles. The van der Waals surface area contributed by atoms with E-state index in [1.807, 2.05) is 60.8 Å². The molecular weight excluding hydrogens is 779 g/mol. The molecule has 0 radical (unpaired) electrons. The molecule has 0 spiro atoms. The number of ether oxygens (including phenoxy) is 1. The molecule has 3 unspecified atom stereocenters. The molecule has 0 saturated carbocycles. The molecule has 0 saturated heterocycles. The van der Waals surface area contributed by atoms with Crippen molar-refractivity contribution in [3.05, 3.63) is 72.9 Å². The fraction of sp³-hybridized carbons (Fsp3) is 0.754. The van der Waals surface area contributed by atoms with Gasteiger partial charge in [-0.3, -0.25) is 9.59 Å². The number of nitrogens with one attached hydrogen (secondary N) is 1. The zero-order valence-corrected chi connectivity index (χ0v) is 41.4. The van der Waals surface area contributed by atoms with E-state index in [1.165, 1.54) is 148 Å². The lowest BCUT2D eigenvalue weighted by Crippen LogP contribution is -2.46. The van der Waals surface area contributed by atoms with Crippen LogP contribution in [0.15, 0.2) is 72.9 Å². The Labute approximate surface area is 390 Å². The topological polar surface area (TPSA) is 95.9 Å². The van der Waals surface area contributed by atoms with E-state index in [2.05, 4.69) is 38.2 Å². The molecular formula is C57H101NO5. The summed E-state index contributed by atoms with van der Waals surface area (Å²) in [5.74, 6) is -0.545. The molecule has 0 heterocycles. The summed E-state index contributed by atoms with van der Waals surface area (Å²) in [6.45, 7) is 6.33. The normalized spacial score (nSPS) is 13.8. The number of esters is 1.